The maximum Gasteiger partial charge on any atom is 0.407 e. The molecule has 0 saturated carbocycles. The number of hydrogen-bond acceptors (Lipinski definition) is 16. The van der Waals surface area contributed by atoms with E-state index < -0.39 is 11.2 Å². The van der Waals surface area contributed by atoms with Crippen LogP contribution in [-0.2, 0) is 68.1 Å². The fraction of sp³-hybridized carbons (Fsp3) is 0.318. The summed E-state index contributed by atoms with van der Waals surface area (Å²) in [4.78, 5) is 65.3. The Kier molecular flexibility index (Phi) is 28.1. The van der Waals surface area contributed by atoms with Crippen molar-refractivity contribution in [1.29, 1.82) is 0 Å². The lowest BCUT2D eigenvalue weighted by atomic mass is 10.1. The van der Waals surface area contributed by atoms with E-state index in [1.807, 2.05) is 163 Å². The van der Waals surface area contributed by atoms with Gasteiger partial charge in [-0.3, -0.25) is 44.5 Å². The Balaban J connectivity index is 0.000000248. The van der Waals surface area contributed by atoms with Gasteiger partial charge in [0.15, 0.2) is 6.29 Å². The molecule has 6 heterocycles. The van der Waals surface area contributed by atoms with Gasteiger partial charge in [-0.15, -0.1) is 0 Å². The number of nitrogens with two attached hydrogens (primary N) is 1. The van der Waals surface area contributed by atoms with Crippen molar-refractivity contribution in [3.63, 3.8) is 0 Å². The number of benzene rings is 2. The molecule has 6 N–H and O–H groups in total. The molecular formula is C66H82N12O6. The van der Waals surface area contributed by atoms with E-state index in [-0.39, 0.29) is 18.8 Å². The van der Waals surface area contributed by atoms with Gasteiger partial charge in [0.05, 0.1) is 34.2 Å². The third-order valence-corrected chi connectivity index (χ3v) is 11.7. The first-order valence-electron chi connectivity index (χ1n) is 28.0. The summed E-state index contributed by atoms with van der Waals surface area (Å²) in [6.45, 7) is 19.0. The number of alkyl carbamates (subject to hydrolysis) is 2. The molecule has 84 heavy (non-hydrogen) atoms. The van der Waals surface area contributed by atoms with Crippen LogP contribution in [0.25, 0.3) is 0 Å². The molecule has 0 aliphatic heterocycles. The highest BCUT2D eigenvalue weighted by atomic mass is 16.6. The van der Waals surface area contributed by atoms with Crippen LogP contribution in [0.3, 0.4) is 0 Å². The molecule has 6 aromatic heterocycles. The minimum atomic E-state index is -0.492. The molecule has 0 atom stereocenters. The van der Waals surface area contributed by atoms with E-state index in [0.717, 1.165) is 94.4 Å². The summed E-state index contributed by atoms with van der Waals surface area (Å²) in [5, 5.41) is 16.5. The maximum atomic E-state index is 11.8. The standard InChI is InChI=1S/C32H38N6O2.C19H18N4O.C13H20N2O2.C2H6O/c1-32(2,3)40-31(39)35-19-16-25-10-13-27(14-11-25)36-20-26-12-15-30(37-21-26)24-38(22-28-8-4-6-17-33-28)23-29-9-5-7-18-34-29;24-15-16-7-8-19(22-11-16)14-23(12-17-5-1-3-9-20-17)13-18-6-2-4-10-21-18;1-13(2,3)17-12(16)15-9-8-10-4-6-11(14)7-5-10;1-2-3/h4-15,17-18,21,36H,16,19-20,22-24H2,1-3H3,(H,35,39);1-11,15H,12-14H2;4-7H,8-9,14H2,1-3H3,(H,15,16);3H,2H2,1H3. The van der Waals surface area contributed by atoms with Crippen molar-refractivity contribution in [1.82, 2.24) is 50.3 Å². The van der Waals surface area contributed by atoms with E-state index in [9.17, 15) is 14.4 Å². The Morgan fingerprint density at radius 1 is 0.500 bits per heavy atom. The van der Waals surface area contributed by atoms with Gasteiger partial charge in [-0.25, -0.2) is 9.59 Å². The number of aldehydes is 1. The normalized spacial score (nSPS) is 10.9. The number of rotatable bonds is 22. The predicted octanol–water partition coefficient (Wildman–Crippen LogP) is 11.0. The zero-order chi connectivity index (χ0) is 60.4. The number of anilines is 2. The van der Waals surface area contributed by atoms with Crippen LogP contribution in [0.5, 0.6) is 0 Å². The number of aromatic nitrogens is 6. The van der Waals surface area contributed by atoms with Gasteiger partial charge in [-0.1, -0.05) is 54.6 Å². The molecule has 0 aliphatic rings. The summed E-state index contributed by atoms with van der Waals surface area (Å²) >= 11 is 0. The third-order valence-electron chi connectivity index (χ3n) is 11.7. The van der Waals surface area contributed by atoms with Crippen LogP contribution in [-0.4, -0.2) is 94.2 Å². The molecule has 8 rings (SSSR count). The average molecular weight is 1140 g/mol. The fourth-order valence-electron chi connectivity index (χ4n) is 7.85. The van der Waals surface area contributed by atoms with E-state index in [1.165, 1.54) is 0 Å². The Morgan fingerprint density at radius 2 is 0.857 bits per heavy atom. The number of aliphatic hydroxyl groups is 1. The first kappa shape index (κ1) is 65.8. The molecule has 18 heteroatoms. The molecule has 0 radical (unpaired) electrons. The number of hydrogen-bond donors (Lipinski definition) is 5. The largest absolute Gasteiger partial charge is 0.444 e. The lowest BCUT2D eigenvalue weighted by Crippen LogP contribution is -2.33. The summed E-state index contributed by atoms with van der Waals surface area (Å²) in [7, 11) is 0. The second kappa shape index (κ2) is 35.8. The molecule has 2 amide bonds. The predicted molar refractivity (Wildman–Crippen MR) is 330 cm³/mol. The van der Waals surface area contributed by atoms with Crippen LogP contribution in [0, 0.1) is 0 Å². The van der Waals surface area contributed by atoms with Crippen LogP contribution in [0.1, 0.15) is 110 Å². The number of carbonyl (C=O) groups is 3. The fourth-order valence-corrected chi connectivity index (χ4v) is 7.85. The van der Waals surface area contributed by atoms with Crippen LogP contribution in [0.15, 0.2) is 183 Å². The molecular weight excluding hydrogens is 1060 g/mol. The van der Waals surface area contributed by atoms with Gasteiger partial charge >= 0.3 is 12.2 Å². The Bertz CT molecular complexity index is 3000. The van der Waals surface area contributed by atoms with Crippen LogP contribution < -0.4 is 21.7 Å². The van der Waals surface area contributed by atoms with Gasteiger partial charge in [0.1, 0.15) is 11.2 Å². The van der Waals surface area contributed by atoms with E-state index in [0.29, 0.717) is 51.4 Å². The zero-order valence-corrected chi connectivity index (χ0v) is 49.5. The second-order valence-electron chi connectivity index (χ2n) is 21.4. The highest BCUT2D eigenvalue weighted by molar-refractivity contribution is 5.73. The van der Waals surface area contributed by atoms with E-state index in [1.54, 1.807) is 31.6 Å². The number of nitrogens with one attached hydrogen (secondary N) is 3. The molecule has 0 saturated heterocycles. The zero-order valence-electron chi connectivity index (χ0n) is 49.5. The average Bonchev–Trinajstić information content (AvgIpc) is 3.65. The molecule has 0 aliphatic carbocycles. The lowest BCUT2D eigenvalue weighted by Gasteiger charge is -2.21. The van der Waals surface area contributed by atoms with Crippen molar-refractivity contribution in [2.45, 2.75) is 118 Å². The van der Waals surface area contributed by atoms with Crippen molar-refractivity contribution in [3.05, 3.63) is 239 Å². The van der Waals surface area contributed by atoms with E-state index >= 15 is 0 Å². The van der Waals surface area contributed by atoms with Gasteiger partial charge in [-0.2, -0.15) is 0 Å². The molecule has 442 valence electrons. The van der Waals surface area contributed by atoms with E-state index in [2.05, 4.69) is 87.1 Å². The molecule has 0 spiro atoms. The molecule has 2 aromatic carbocycles. The first-order chi connectivity index (χ1) is 40.4. The number of amides is 2. The number of aliphatic hydroxyl groups excluding tert-OH is 1. The first-order valence-corrected chi connectivity index (χ1v) is 28.0. The highest BCUT2D eigenvalue weighted by Gasteiger charge is 2.17. The number of pyridine rings is 6. The topological polar surface area (TPSA) is 236 Å². The number of nitrogens with zero attached hydrogens (tertiary/aromatic N) is 8. The van der Waals surface area contributed by atoms with Crippen LogP contribution in [0.4, 0.5) is 21.0 Å². The Morgan fingerprint density at radius 3 is 1.18 bits per heavy atom. The summed E-state index contributed by atoms with van der Waals surface area (Å²) in [5.74, 6) is 0. The van der Waals surface area contributed by atoms with Crippen LogP contribution >= 0.6 is 0 Å². The van der Waals surface area contributed by atoms with Crippen molar-refractivity contribution in [2.75, 3.05) is 30.7 Å². The minimum absolute atomic E-state index is 0.250. The van der Waals surface area contributed by atoms with E-state index in [4.69, 9.17) is 25.3 Å². The highest BCUT2D eigenvalue weighted by Crippen LogP contribution is 2.16. The second-order valence-corrected chi connectivity index (χ2v) is 21.4. The quantitative estimate of drug-likeness (QED) is 0.0313. The van der Waals surface area contributed by atoms with Gasteiger partial charge < -0.3 is 36.3 Å². The molecule has 8 aromatic rings. The summed E-state index contributed by atoms with van der Waals surface area (Å²) < 4.78 is 10.4. The van der Waals surface area contributed by atoms with Crippen LogP contribution in [0.2, 0.25) is 0 Å². The van der Waals surface area contributed by atoms with Crippen molar-refractivity contribution < 1.29 is 29.0 Å². The Labute approximate surface area is 495 Å². The number of nitrogen functional groups attached to an aromatic ring is 1. The van der Waals surface area contributed by atoms with Crippen molar-refractivity contribution >= 4 is 29.8 Å². The number of ether oxygens (including phenoxy) is 2. The smallest absolute Gasteiger partial charge is 0.407 e. The molecule has 18 nitrogen and oxygen atoms in total. The lowest BCUT2D eigenvalue weighted by molar-refractivity contribution is 0.0517. The monoisotopic (exact) mass is 1140 g/mol. The van der Waals surface area contributed by atoms with Crippen molar-refractivity contribution in [3.8, 4) is 0 Å². The summed E-state index contributed by atoms with van der Waals surface area (Å²) in [5.41, 5.74) is 16.3. The van der Waals surface area contributed by atoms with Crippen molar-refractivity contribution in [2.24, 2.45) is 0 Å². The SMILES string of the molecule is CC(C)(C)OC(=O)NCCc1ccc(N)cc1.CC(C)(C)OC(=O)NCCc1ccc(NCc2ccc(CN(Cc3ccccn3)Cc3ccccn3)nc2)cc1.CCO.O=Cc1ccc(CN(Cc2ccccn2)Cc2ccccn2)nc1. The third kappa shape index (κ3) is 28.1. The Hall–Kier alpha value is -8.97. The molecule has 0 unspecified atom stereocenters. The van der Waals surface area contributed by atoms with Gasteiger partial charge in [0.2, 0.25) is 0 Å². The van der Waals surface area contributed by atoms with Gasteiger partial charge in [0, 0.05) is 120 Å². The minimum Gasteiger partial charge on any atom is -0.444 e. The maximum absolute atomic E-state index is 11.8. The number of carbonyl (C=O) groups excluding carboxylic acids is 3. The summed E-state index contributed by atoms with van der Waals surface area (Å²) in [6.07, 6.45) is 12.3. The molecule has 0 bridgehead atoms. The molecule has 0 fully saturated rings. The van der Waals surface area contributed by atoms with Gasteiger partial charge in [0.25, 0.3) is 0 Å². The summed E-state index contributed by atoms with van der Waals surface area (Å²) in [6, 6.07) is 47.5. The van der Waals surface area contributed by atoms with Gasteiger partial charge in [-0.05, 0) is 169 Å².